The van der Waals surface area contributed by atoms with Crippen molar-refractivity contribution in [1.82, 2.24) is 9.97 Å². The number of carbonyl (C=O) groups is 1. The normalized spacial score (nSPS) is 19.7. The summed E-state index contributed by atoms with van der Waals surface area (Å²) >= 11 is 3.23. The summed E-state index contributed by atoms with van der Waals surface area (Å²) in [6, 6.07) is 0. The maximum atomic E-state index is 11.5. The molecular weight excluding hydrogens is 302 g/mol. The molecule has 0 aromatic carbocycles. The van der Waals surface area contributed by atoms with Crippen LogP contribution in [0, 0.1) is 5.92 Å². The van der Waals surface area contributed by atoms with Gasteiger partial charge < -0.3 is 14.6 Å². The van der Waals surface area contributed by atoms with Crippen molar-refractivity contribution >= 4 is 27.7 Å². The molecule has 7 heteroatoms. The maximum Gasteiger partial charge on any atom is 0.310 e. The van der Waals surface area contributed by atoms with E-state index in [0.717, 1.165) is 19.4 Å². The van der Waals surface area contributed by atoms with E-state index in [0.29, 0.717) is 16.8 Å². The lowest BCUT2D eigenvalue weighted by Gasteiger charge is -2.32. The highest BCUT2D eigenvalue weighted by Crippen LogP contribution is 2.25. The van der Waals surface area contributed by atoms with Gasteiger partial charge in [-0.15, -0.1) is 0 Å². The molecule has 0 spiro atoms. The number of aromatic nitrogens is 2. The number of methoxy groups -OCH3 is 1. The van der Waals surface area contributed by atoms with Crippen LogP contribution in [0.2, 0.25) is 0 Å². The lowest BCUT2D eigenvalue weighted by atomic mass is 9.98. The highest BCUT2D eigenvalue weighted by Gasteiger charge is 2.28. The number of halogens is 1. The molecular formula is C11H14BrN3O3. The fourth-order valence-electron chi connectivity index (χ4n) is 2.12. The standard InChI is InChI=1S/C11H14BrN3O3/c1-18-11(17)7-3-2-4-15(5-7)9-8(12)10(16)14-6-13-9/h6-7H,2-5H2,1H3,(H,13,14,16). The molecule has 2 rings (SSSR count). The molecule has 0 bridgehead atoms. The lowest BCUT2D eigenvalue weighted by Crippen LogP contribution is -2.40. The van der Waals surface area contributed by atoms with Gasteiger partial charge in [-0.25, -0.2) is 4.98 Å². The fraction of sp³-hybridized carbons (Fsp3) is 0.545. The van der Waals surface area contributed by atoms with Crippen molar-refractivity contribution in [3.63, 3.8) is 0 Å². The van der Waals surface area contributed by atoms with Crippen LogP contribution in [0.1, 0.15) is 12.8 Å². The van der Waals surface area contributed by atoms with E-state index in [1.54, 1.807) is 0 Å². The van der Waals surface area contributed by atoms with E-state index in [4.69, 9.17) is 4.74 Å². The molecule has 1 aromatic heterocycles. The van der Waals surface area contributed by atoms with Crippen LogP contribution in [0.5, 0.6) is 0 Å². The third-order valence-corrected chi connectivity index (χ3v) is 3.75. The first-order chi connectivity index (χ1) is 8.63. The molecule has 1 aliphatic heterocycles. The molecule has 0 amide bonds. The minimum atomic E-state index is -0.222. The number of piperidine rings is 1. The Balaban J connectivity index is 2.21. The van der Waals surface area contributed by atoms with Crippen LogP contribution in [0.4, 0.5) is 5.82 Å². The second-order valence-electron chi connectivity index (χ2n) is 4.18. The highest BCUT2D eigenvalue weighted by molar-refractivity contribution is 9.10. The van der Waals surface area contributed by atoms with Gasteiger partial charge in [0.15, 0.2) is 0 Å². The summed E-state index contributed by atoms with van der Waals surface area (Å²) in [5, 5.41) is 0. The van der Waals surface area contributed by atoms with Crippen LogP contribution in [0.25, 0.3) is 0 Å². The Morgan fingerprint density at radius 1 is 1.67 bits per heavy atom. The molecule has 0 saturated carbocycles. The molecule has 1 aromatic rings. The van der Waals surface area contributed by atoms with E-state index < -0.39 is 0 Å². The summed E-state index contributed by atoms with van der Waals surface area (Å²) in [6.07, 6.45) is 3.05. The summed E-state index contributed by atoms with van der Waals surface area (Å²) in [6.45, 7) is 1.31. The SMILES string of the molecule is COC(=O)C1CCCN(c2nc[nH]c(=O)c2Br)C1. The average Bonchev–Trinajstić information content (AvgIpc) is 2.41. The van der Waals surface area contributed by atoms with Crippen LogP contribution in [0.15, 0.2) is 15.6 Å². The van der Waals surface area contributed by atoms with E-state index >= 15 is 0 Å². The quantitative estimate of drug-likeness (QED) is 0.821. The molecule has 0 radical (unpaired) electrons. The van der Waals surface area contributed by atoms with Gasteiger partial charge in [-0.2, -0.15) is 0 Å². The Hall–Kier alpha value is -1.37. The molecule has 1 unspecified atom stereocenters. The van der Waals surface area contributed by atoms with Gasteiger partial charge in [0.25, 0.3) is 5.56 Å². The number of nitrogens with one attached hydrogen (secondary N) is 1. The summed E-state index contributed by atoms with van der Waals surface area (Å²) < 4.78 is 5.16. The number of ether oxygens (including phenoxy) is 1. The van der Waals surface area contributed by atoms with Crippen molar-refractivity contribution in [3.8, 4) is 0 Å². The van der Waals surface area contributed by atoms with Gasteiger partial charge in [-0.05, 0) is 28.8 Å². The zero-order chi connectivity index (χ0) is 13.1. The smallest absolute Gasteiger partial charge is 0.310 e. The van der Waals surface area contributed by atoms with E-state index in [1.807, 2.05) is 4.90 Å². The third-order valence-electron chi connectivity index (χ3n) is 3.03. The minimum Gasteiger partial charge on any atom is -0.469 e. The summed E-state index contributed by atoms with van der Waals surface area (Å²) in [7, 11) is 1.39. The Morgan fingerprint density at radius 3 is 3.17 bits per heavy atom. The molecule has 98 valence electrons. The van der Waals surface area contributed by atoms with Gasteiger partial charge in [0.2, 0.25) is 0 Å². The Kier molecular flexibility index (Phi) is 4.00. The highest BCUT2D eigenvalue weighted by atomic mass is 79.9. The number of esters is 1. The fourth-order valence-corrected chi connectivity index (χ4v) is 2.59. The Morgan fingerprint density at radius 2 is 2.44 bits per heavy atom. The Bertz CT molecular complexity index is 503. The van der Waals surface area contributed by atoms with Crippen molar-refractivity contribution in [3.05, 3.63) is 21.2 Å². The minimum absolute atomic E-state index is 0.156. The van der Waals surface area contributed by atoms with Gasteiger partial charge in [0.05, 0.1) is 19.4 Å². The first-order valence-corrected chi connectivity index (χ1v) is 6.48. The first-order valence-electron chi connectivity index (χ1n) is 5.69. The molecule has 2 heterocycles. The predicted octanol–water partition coefficient (Wildman–Crippen LogP) is 0.922. The zero-order valence-corrected chi connectivity index (χ0v) is 11.6. The van der Waals surface area contributed by atoms with Gasteiger partial charge in [-0.1, -0.05) is 0 Å². The van der Waals surface area contributed by atoms with Crippen molar-refractivity contribution < 1.29 is 9.53 Å². The maximum absolute atomic E-state index is 11.5. The largest absolute Gasteiger partial charge is 0.469 e. The van der Waals surface area contributed by atoms with Crippen LogP contribution >= 0.6 is 15.9 Å². The van der Waals surface area contributed by atoms with Crippen molar-refractivity contribution in [2.75, 3.05) is 25.1 Å². The summed E-state index contributed by atoms with van der Waals surface area (Å²) in [5.41, 5.74) is -0.222. The van der Waals surface area contributed by atoms with Crippen molar-refractivity contribution in [2.45, 2.75) is 12.8 Å². The number of hydrogen-bond donors (Lipinski definition) is 1. The molecule has 6 nitrogen and oxygen atoms in total. The van der Waals surface area contributed by atoms with Gasteiger partial charge in [0.1, 0.15) is 10.3 Å². The third kappa shape index (κ3) is 2.55. The number of anilines is 1. The van der Waals surface area contributed by atoms with Gasteiger partial charge in [0, 0.05) is 13.1 Å². The first kappa shape index (κ1) is 13.1. The topological polar surface area (TPSA) is 75.3 Å². The molecule has 1 saturated heterocycles. The van der Waals surface area contributed by atoms with Gasteiger partial charge >= 0.3 is 5.97 Å². The number of nitrogens with zero attached hydrogens (tertiary/aromatic N) is 2. The molecule has 0 aliphatic carbocycles. The van der Waals surface area contributed by atoms with Crippen LogP contribution in [0.3, 0.4) is 0 Å². The summed E-state index contributed by atoms with van der Waals surface area (Å²) in [4.78, 5) is 31.6. The Labute approximate surface area is 112 Å². The van der Waals surface area contributed by atoms with Gasteiger partial charge in [-0.3, -0.25) is 9.59 Å². The number of carbonyl (C=O) groups excluding carboxylic acids is 1. The van der Waals surface area contributed by atoms with E-state index in [-0.39, 0.29) is 17.4 Å². The van der Waals surface area contributed by atoms with Crippen LogP contribution in [-0.2, 0) is 9.53 Å². The van der Waals surface area contributed by atoms with Crippen molar-refractivity contribution in [1.29, 1.82) is 0 Å². The zero-order valence-electron chi connectivity index (χ0n) is 9.98. The molecule has 18 heavy (non-hydrogen) atoms. The number of H-pyrrole nitrogens is 1. The van der Waals surface area contributed by atoms with E-state index in [2.05, 4.69) is 25.9 Å². The monoisotopic (exact) mass is 315 g/mol. The summed E-state index contributed by atoms with van der Waals surface area (Å²) in [5.74, 6) is 0.213. The van der Waals surface area contributed by atoms with E-state index in [9.17, 15) is 9.59 Å². The lowest BCUT2D eigenvalue weighted by molar-refractivity contribution is -0.145. The number of hydrogen-bond acceptors (Lipinski definition) is 5. The average molecular weight is 316 g/mol. The van der Waals surface area contributed by atoms with Crippen molar-refractivity contribution in [2.24, 2.45) is 5.92 Å². The second-order valence-corrected chi connectivity index (χ2v) is 4.97. The van der Waals surface area contributed by atoms with E-state index in [1.165, 1.54) is 13.4 Å². The molecule has 1 atom stereocenters. The second kappa shape index (κ2) is 5.51. The van der Waals surface area contributed by atoms with Crippen LogP contribution < -0.4 is 10.5 Å². The molecule has 1 fully saturated rings. The molecule has 1 aliphatic rings. The van der Waals surface area contributed by atoms with Crippen LogP contribution in [-0.4, -0.2) is 36.1 Å². The molecule has 1 N–H and O–H groups in total. The number of rotatable bonds is 2. The number of aromatic amines is 1. The predicted molar refractivity (Wildman–Crippen MR) is 69.5 cm³/mol.